The fourth-order valence-electron chi connectivity index (χ4n) is 3.82. The second-order valence-corrected chi connectivity index (χ2v) is 6.47. The number of nitrogens with zero attached hydrogens (tertiary/aromatic N) is 2. The molecule has 3 unspecified atom stereocenters. The van der Waals surface area contributed by atoms with Gasteiger partial charge in [-0.2, -0.15) is 5.10 Å². The molecule has 0 bridgehead atoms. The van der Waals surface area contributed by atoms with Crippen molar-refractivity contribution in [2.24, 2.45) is 13.0 Å². The van der Waals surface area contributed by atoms with Gasteiger partial charge < -0.3 is 10.1 Å². The second kappa shape index (κ2) is 7.41. The van der Waals surface area contributed by atoms with Crippen molar-refractivity contribution in [2.75, 3.05) is 13.2 Å². The van der Waals surface area contributed by atoms with Crippen LogP contribution in [0.2, 0.25) is 0 Å². The maximum absolute atomic E-state index is 6.38. The Morgan fingerprint density at radius 2 is 2.33 bits per heavy atom. The summed E-state index contributed by atoms with van der Waals surface area (Å²) in [4.78, 5) is 0. The smallest absolute Gasteiger partial charge is 0.0893 e. The maximum atomic E-state index is 6.38. The fourth-order valence-corrected chi connectivity index (χ4v) is 3.82. The average Bonchev–Trinajstić information content (AvgIpc) is 2.86. The topological polar surface area (TPSA) is 39.1 Å². The third kappa shape index (κ3) is 3.67. The lowest BCUT2D eigenvalue weighted by Crippen LogP contribution is -2.50. The highest BCUT2D eigenvalue weighted by Gasteiger charge is 2.44. The minimum absolute atomic E-state index is 0.0879. The van der Waals surface area contributed by atoms with Gasteiger partial charge >= 0.3 is 0 Å². The Labute approximate surface area is 129 Å². The van der Waals surface area contributed by atoms with E-state index in [-0.39, 0.29) is 11.6 Å². The van der Waals surface area contributed by atoms with Crippen molar-refractivity contribution in [2.45, 2.75) is 64.5 Å². The van der Waals surface area contributed by atoms with E-state index in [9.17, 15) is 0 Å². The van der Waals surface area contributed by atoms with Crippen molar-refractivity contribution in [3.63, 3.8) is 0 Å². The zero-order chi connectivity index (χ0) is 15.3. The predicted octanol–water partition coefficient (Wildman–Crippen LogP) is 3.45. The highest BCUT2D eigenvalue weighted by Crippen LogP contribution is 2.43. The predicted molar refractivity (Wildman–Crippen MR) is 86.2 cm³/mol. The molecule has 4 heteroatoms. The van der Waals surface area contributed by atoms with E-state index in [0.29, 0.717) is 0 Å². The van der Waals surface area contributed by atoms with E-state index in [1.807, 2.05) is 17.9 Å². The van der Waals surface area contributed by atoms with Crippen LogP contribution in [0.5, 0.6) is 0 Å². The van der Waals surface area contributed by atoms with Crippen LogP contribution in [0, 0.1) is 5.92 Å². The Balaban J connectivity index is 2.32. The number of nitrogens with one attached hydrogen (secondary N) is 1. The first-order valence-electron chi connectivity index (χ1n) is 8.48. The average molecular weight is 293 g/mol. The molecule has 1 aliphatic carbocycles. The number of hydrogen-bond donors (Lipinski definition) is 1. The van der Waals surface area contributed by atoms with Gasteiger partial charge in [-0.25, -0.2) is 0 Å². The molecule has 1 aromatic rings. The molecule has 1 fully saturated rings. The molecule has 1 heterocycles. The molecule has 1 N–H and O–H groups in total. The number of aryl methyl sites for hydroxylation is 1. The third-order valence-electron chi connectivity index (χ3n) is 4.70. The largest absolute Gasteiger partial charge is 0.373 e. The Kier molecular flexibility index (Phi) is 5.82. The Hall–Kier alpha value is -0.870. The first-order valence-corrected chi connectivity index (χ1v) is 8.48. The first-order chi connectivity index (χ1) is 10.1. The van der Waals surface area contributed by atoms with Gasteiger partial charge in [0.1, 0.15) is 0 Å². The summed E-state index contributed by atoms with van der Waals surface area (Å²) in [6.45, 7) is 8.46. The lowest BCUT2D eigenvalue weighted by atomic mass is 9.73. The molecule has 0 saturated heterocycles. The van der Waals surface area contributed by atoms with Gasteiger partial charge in [0.2, 0.25) is 0 Å². The third-order valence-corrected chi connectivity index (χ3v) is 4.70. The van der Waals surface area contributed by atoms with Crippen molar-refractivity contribution < 1.29 is 4.74 Å². The Morgan fingerprint density at radius 1 is 1.52 bits per heavy atom. The minimum Gasteiger partial charge on any atom is -0.373 e. The fraction of sp³-hybridized carbons (Fsp3) is 0.824. The molecule has 1 aliphatic rings. The van der Waals surface area contributed by atoms with Gasteiger partial charge in [0.25, 0.3) is 0 Å². The van der Waals surface area contributed by atoms with Gasteiger partial charge in [-0.05, 0) is 44.7 Å². The number of rotatable bonds is 7. The van der Waals surface area contributed by atoms with Crippen LogP contribution in [0.3, 0.4) is 0 Å². The van der Waals surface area contributed by atoms with Gasteiger partial charge in [0, 0.05) is 19.9 Å². The van der Waals surface area contributed by atoms with Gasteiger partial charge in [-0.1, -0.05) is 26.7 Å². The van der Waals surface area contributed by atoms with Gasteiger partial charge in [-0.3, -0.25) is 4.68 Å². The zero-order valence-electron chi connectivity index (χ0n) is 14.1. The lowest BCUT2D eigenvalue weighted by Gasteiger charge is -2.45. The molecular formula is C17H31N3O. The van der Waals surface area contributed by atoms with E-state index in [0.717, 1.165) is 38.3 Å². The van der Waals surface area contributed by atoms with E-state index in [1.165, 1.54) is 18.5 Å². The first kappa shape index (κ1) is 16.5. The second-order valence-electron chi connectivity index (χ2n) is 6.47. The van der Waals surface area contributed by atoms with Gasteiger partial charge in [0.05, 0.1) is 17.3 Å². The van der Waals surface area contributed by atoms with E-state index in [2.05, 4.69) is 37.3 Å². The molecule has 1 saturated carbocycles. The van der Waals surface area contributed by atoms with Gasteiger partial charge in [0.15, 0.2) is 0 Å². The van der Waals surface area contributed by atoms with E-state index in [4.69, 9.17) is 4.74 Å². The van der Waals surface area contributed by atoms with Crippen LogP contribution >= 0.6 is 0 Å². The summed E-state index contributed by atoms with van der Waals surface area (Å²) in [5, 5.41) is 8.11. The molecule has 4 nitrogen and oxygen atoms in total. The molecule has 120 valence electrons. The summed E-state index contributed by atoms with van der Waals surface area (Å²) < 4.78 is 8.37. The highest BCUT2D eigenvalue weighted by atomic mass is 16.5. The molecule has 21 heavy (non-hydrogen) atoms. The summed E-state index contributed by atoms with van der Waals surface area (Å²) >= 11 is 0. The van der Waals surface area contributed by atoms with Crippen LogP contribution in [0.4, 0.5) is 0 Å². The molecule has 2 rings (SSSR count). The highest BCUT2D eigenvalue weighted by molar-refractivity contribution is 5.14. The van der Waals surface area contributed by atoms with Crippen molar-refractivity contribution >= 4 is 0 Å². The summed E-state index contributed by atoms with van der Waals surface area (Å²) in [6.07, 6.45) is 7.86. The number of hydrogen-bond acceptors (Lipinski definition) is 3. The van der Waals surface area contributed by atoms with Crippen LogP contribution in [-0.2, 0) is 11.8 Å². The maximum Gasteiger partial charge on any atom is 0.0893 e. The molecular weight excluding hydrogens is 262 g/mol. The summed E-state index contributed by atoms with van der Waals surface area (Å²) in [5.41, 5.74) is 1.15. The summed E-state index contributed by atoms with van der Waals surface area (Å²) in [7, 11) is 2.03. The van der Waals surface area contributed by atoms with Crippen LogP contribution < -0.4 is 5.32 Å². The molecule has 1 aromatic heterocycles. The van der Waals surface area contributed by atoms with Crippen LogP contribution in [-0.4, -0.2) is 28.5 Å². The van der Waals surface area contributed by atoms with Crippen molar-refractivity contribution in [3.05, 3.63) is 18.0 Å². The van der Waals surface area contributed by atoms with Crippen LogP contribution in [0.1, 0.15) is 64.6 Å². The van der Waals surface area contributed by atoms with Crippen molar-refractivity contribution in [3.8, 4) is 0 Å². The molecule has 0 aliphatic heterocycles. The van der Waals surface area contributed by atoms with Crippen LogP contribution in [0.25, 0.3) is 0 Å². The zero-order valence-corrected chi connectivity index (χ0v) is 14.1. The monoisotopic (exact) mass is 293 g/mol. The van der Waals surface area contributed by atoms with Crippen LogP contribution in [0.15, 0.2) is 12.3 Å². The standard InChI is InChI=1S/C17H31N3O/c1-5-11-18-16(15-9-12-19-20(15)4)17(21-6-2)10-7-8-14(3)13-17/h9,12,14,16,18H,5-8,10-11,13H2,1-4H3. The van der Waals surface area contributed by atoms with Gasteiger partial charge in [-0.15, -0.1) is 0 Å². The molecule has 3 atom stereocenters. The lowest BCUT2D eigenvalue weighted by molar-refractivity contribution is -0.103. The Bertz CT molecular complexity index is 427. The molecule has 0 spiro atoms. The van der Waals surface area contributed by atoms with Crippen molar-refractivity contribution in [1.82, 2.24) is 15.1 Å². The van der Waals surface area contributed by atoms with E-state index in [1.54, 1.807) is 0 Å². The Morgan fingerprint density at radius 3 is 2.90 bits per heavy atom. The quantitative estimate of drug-likeness (QED) is 0.837. The van der Waals surface area contributed by atoms with E-state index < -0.39 is 0 Å². The normalized spacial score (nSPS) is 27.7. The summed E-state index contributed by atoms with van der Waals surface area (Å²) in [6, 6.07) is 2.36. The SMILES string of the molecule is CCCNC(c1ccnn1C)C1(OCC)CCCC(C)C1. The minimum atomic E-state index is -0.0879. The molecule has 0 aromatic carbocycles. The summed E-state index contributed by atoms with van der Waals surface area (Å²) in [5.74, 6) is 0.726. The molecule has 0 radical (unpaired) electrons. The molecule has 0 amide bonds. The number of aromatic nitrogens is 2. The van der Waals surface area contributed by atoms with E-state index >= 15 is 0 Å². The van der Waals surface area contributed by atoms with Crippen molar-refractivity contribution in [1.29, 1.82) is 0 Å². The number of ether oxygens (including phenoxy) is 1.